The van der Waals surface area contributed by atoms with Gasteiger partial charge in [0.05, 0.1) is 11.2 Å². The summed E-state index contributed by atoms with van der Waals surface area (Å²) in [6.07, 6.45) is 1.51. The number of carboxylic acid groups (broad SMARTS) is 1. The van der Waals surface area contributed by atoms with Crippen molar-refractivity contribution in [1.29, 1.82) is 0 Å². The van der Waals surface area contributed by atoms with Gasteiger partial charge in [0.15, 0.2) is 17.7 Å². The highest BCUT2D eigenvalue weighted by Crippen LogP contribution is 2.30. The minimum Gasteiger partial charge on any atom is -0.480 e. The summed E-state index contributed by atoms with van der Waals surface area (Å²) < 4.78 is 18.0. The molecule has 1 amide bonds. The third-order valence-corrected chi connectivity index (χ3v) is 3.65. The van der Waals surface area contributed by atoms with Gasteiger partial charge in [0.1, 0.15) is 6.67 Å². The van der Waals surface area contributed by atoms with E-state index in [-0.39, 0.29) is 18.7 Å². The van der Waals surface area contributed by atoms with Crippen LogP contribution in [-0.2, 0) is 16.0 Å². The van der Waals surface area contributed by atoms with Crippen molar-refractivity contribution >= 4 is 35.1 Å². The van der Waals surface area contributed by atoms with Crippen molar-refractivity contribution in [2.45, 2.75) is 18.9 Å². The van der Waals surface area contributed by atoms with E-state index >= 15 is 0 Å². The number of aromatic nitrogens is 1. The van der Waals surface area contributed by atoms with E-state index in [9.17, 15) is 14.0 Å². The summed E-state index contributed by atoms with van der Waals surface area (Å²) in [6, 6.07) is 3.35. The molecule has 24 heavy (non-hydrogen) atoms. The smallest absolute Gasteiger partial charge is 0.328 e. The van der Waals surface area contributed by atoms with Crippen LogP contribution in [0.2, 0.25) is 10.0 Å². The minimum absolute atomic E-state index is 0.0852. The van der Waals surface area contributed by atoms with Crippen LogP contribution in [0.25, 0.3) is 11.3 Å². The van der Waals surface area contributed by atoms with Crippen LogP contribution in [-0.4, -0.2) is 34.7 Å². The molecule has 2 aromatic rings. The van der Waals surface area contributed by atoms with Gasteiger partial charge in [0.25, 0.3) is 0 Å². The number of carboxylic acids is 1. The van der Waals surface area contributed by atoms with Crippen LogP contribution in [0, 0.1) is 0 Å². The van der Waals surface area contributed by atoms with Gasteiger partial charge in [-0.2, -0.15) is 0 Å². The molecular weight excluding hydrogens is 362 g/mol. The van der Waals surface area contributed by atoms with Crippen molar-refractivity contribution in [1.82, 2.24) is 10.3 Å². The van der Waals surface area contributed by atoms with Crippen molar-refractivity contribution in [3.05, 3.63) is 40.3 Å². The standard InChI is InChI=1S/C15H13Cl2FN2O4/c16-8-1-2-9(10(17)5-8)12-7-19-14(24-12)4-3-13(21)20-11(6-18)15(22)23/h1-2,5,7,11H,3-4,6H2,(H,20,21)(H,22,23). The SMILES string of the molecule is O=C(CCc1ncc(-c2ccc(Cl)cc2Cl)o1)NC(CF)C(=O)O. The van der Waals surface area contributed by atoms with Gasteiger partial charge < -0.3 is 14.8 Å². The van der Waals surface area contributed by atoms with Crippen molar-refractivity contribution in [3.8, 4) is 11.3 Å². The zero-order valence-electron chi connectivity index (χ0n) is 12.3. The number of alkyl halides is 1. The summed E-state index contributed by atoms with van der Waals surface area (Å²) in [5.74, 6) is -1.34. The van der Waals surface area contributed by atoms with E-state index in [1.165, 1.54) is 6.20 Å². The van der Waals surface area contributed by atoms with E-state index in [0.717, 1.165) is 0 Å². The molecule has 0 spiro atoms. The highest BCUT2D eigenvalue weighted by molar-refractivity contribution is 6.36. The normalized spacial score (nSPS) is 12.0. The molecule has 0 aliphatic heterocycles. The van der Waals surface area contributed by atoms with Crippen LogP contribution >= 0.6 is 23.2 Å². The van der Waals surface area contributed by atoms with E-state index in [1.54, 1.807) is 18.2 Å². The quantitative estimate of drug-likeness (QED) is 0.776. The van der Waals surface area contributed by atoms with Gasteiger partial charge in [0, 0.05) is 23.4 Å². The Morgan fingerprint density at radius 1 is 1.38 bits per heavy atom. The number of aryl methyl sites for hydroxylation is 1. The summed E-state index contributed by atoms with van der Waals surface area (Å²) in [7, 11) is 0. The molecule has 0 radical (unpaired) electrons. The molecule has 128 valence electrons. The number of benzene rings is 1. The summed E-state index contributed by atoms with van der Waals surface area (Å²) in [4.78, 5) is 26.3. The van der Waals surface area contributed by atoms with E-state index in [1.807, 2.05) is 0 Å². The Bertz CT molecular complexity index is 751. The number of nitrogens with zero attached hydrogens (tertiary/aromatic N) is 1. The summed E-state index contributed by atoms with van der Waals surface area (Å²) in [5, 5.41) is 11.6. The lowest BCUT2D eigenvalue weighted by Gasteiger charge is -2.09. The van der Waals surface area contributed by atoms with Gasteiger partial charge >= 0.3 is 5.97 Å². The van der Waals surface area contributed by atoms with Crippen LogP contribution in [0.5, 0.6) is 0 Å². The second-order valence-corrected chi connectivity index (χ2v) is 5.70. The van der Waals surface area contributed by atoms with Crippen LogP contribution in [0.3, 0.4) is 0 Å². The van der Waals surface area contributed by atoms with E-state index < -0.39 is 24.6 Å². The highest BCUT2D eigenvalue weighted by Gasteiger charge is 2.20. The lowest BCUT2D eigenvalue weighted by Crippen LogP contribution is -2.42. The maximum atomic E-state index is 12.4. The number of carbonyl (C=O) groups is 2. The molecular formula is C15H13Cl2FN2O4. The average molecular weight is 375 g/mol. The second-order valence-electron chi connectivity index (χ2n) is 4.86. The number of amides is 1. The monoisotopic (exact) mass is 374 g/mol. The van der Waals surface area contributed by atoms with Gasteiger partial charge in [-0.05, 0) is 18.2 Å². The lowest BCUT2D eigenvalue weighted by molar-refractivity contribution is -0.142. The fourth-order valence-electron chi connectivity index (χ4n) is 1.89. The van der Waals surface area contributed by atoms with Crippen molar-refractivity contribution in [2.24, 2.45) is 0 Å². The Balaban J connectivity index is 1.97. The molecule has 9 heteroatoms. The Labute approximate surface area is 146 Å². The topological polar surface area (TPSA) is 92.4 Å². The maximum absolute atomic E-state index is 12.4. The molecule has 6 nitrogen and oxygen atoms in total. The number of hydrogen-bond donors (Lipinski definition) is 2. The Morgan fingerprint density at radius 2 is 2.12 bits per heavy atom. The number of halogens is 3. The number of rotatable bonds is 7. The molecule has 0 saturated heterocycles. The third kappa shape index (κ3) is 4.69. The molecule has 1 aromatic heterocycles. The van der Waals surface area contributed by atoms with E-state index in [2.05, 4.69) is 10.3 Å². The summed E-state index contributed by atoms with van der Waals surface area (Å²) in [6.45, 7) is -1.18. The van der Waals surface area contributed by atoms with E-state index in [4.69, 9.17) is 32.7 Å². The Hall–Kier alpha value is -2.12. The molecule has 2 N–H and O–H groups in total. The zero-order chi connectivity index (χ0) is 17.7. The molecule has 0 aliphatic rings. The average Bonchev–Trinajstić information content (AvgIpc) is 2.99. The minimum atomic E-state index is -1.55. The molecule has 0 fully saturated rings. The number of nitrogens with one attached hydrogen (secondary N) is 1. The second kappa shape index (κ2) is 8.12. The number of carbonyl (C=O) groups excluding carboxylic acids is 1. The van der Waals surface area contributed by atoms with Crippen molar-refractivity contribution in [2.75, 3.05) is 6.67 Å². The molecule has 1 aromatic carbocycles. The van der Waals surface area contributed by atoms with Crippen molar-refractivity contribution in [3.63, 3.8) is 0 Å². The molecule has 1 atom stereocenters. The summed E-state index contributed by atoms with van der Waals surface area (Å²) >= 11 is 11.9. The molecule has 0 bridgehead atoms. The lowest BCUT2D eigenvalue weighted by atomic mass is 10.2. The van der Waals surface area contributed by atoms with E-state index in [0.29, 0.717) is 21.4 Å². The molecule has 2 rings (SSSR count). The predicted molar refractivity (Wildman–Crippen MR) is 85.8 cm³/mol. The van der Waals surface area contributed by atoms with Crippen LogP contribution in [0.15, 0.2) is 28.8 Å². The highest BCUT2D eigenvalue weighted by atomic mass is 35.5. The first-order valence-corrected chi connectivity index (χ1v) is 7.64. The van der Waals surface area contributed by atoms with Crippen LogP contribution < -0.4 is 5.32 Å². The van der Waals surface area contributed by atoms with Crippen molar-refractivity contribution < 1.29 is 23.5 Å². The fraction of sp³-hybridized carbons (Fsp3) is 0.267. The first kappa shape index (κ1) is 18.2. The van der Waals surface area contributed by atoms with Crippen LogP contribution in [0.4, 0.5) is 4.39 Å². The first-order chi connectivity index (χ1) is 11.4. The molecule has 1 unspecified atom stereocenters. The van der Waals surface area contributed by atoms with Gasteiger partial charge in [-0.15, -0.1) is 0 Å². The Kier molecular flexibility index (Phi) is 6.16. The predicted octanol–water partition coefficient (Wildman–Crippen LogP) is 3.12. The number of hydrogen-bond acceptors (Lipinski definition) is 4. The van der Waals surface area contributed by atoms with Gasteiger partial charge in [-0.25, -0.2) is 14.2 Å². The Morgan fingerprint density at radius 3 is 2.75 bits per heavy atom. The maximum Gasteiger partial charge on any atom is 0.328 e. The van der Waals surface area contributed by atoms with Crippen LogP contribution in [0.1, 0.15) is 12.3 Å². The van der Waals surface area contributed by atoms with Gasteiger partial charge in [0.2, 0.25) is 5.91 Å². The zero-order valence-corrected chi connectivity index (χ0v) is 13.8. The summed E-state index contributed by atoms with van der Waals surface area (Å²) in [5.41, 5.74) is 0.604. The number of aliphatic carboxylic acids is 1. The molecule has 1 heterocycles. The molecule has 0 saturated carbocycles. The first-order valence-electron chi connectivity index (χ1n) is 6.89. The largest absolute Gasteiger partial charge is 0.480 e. The van der Waals surface area contributed by atoms with Gasteiger partial charge in [-0.3, -0.25) is 4.79 Å². The fourth-order valence-corrected chi connectivity index (χ4v) is 2.39. The third-order valence-electron chi connectivity index (χ3n) is 3.10. The van der Waals surface area contributed by atoms with Gasteiger partial charge in [-0.1, -0.05) is 23.2 Å². The molecule has 0 aliphatic carbocycles. The number of oxazole rings is 1.